The molecule has 0 radical (unpaired) electrons. The van der Waals surface area contributed by atoms with Crippen LogP contribution < -0.4 is 11.1 Å². The van der Waals surface area contributed by atoms with Crippen molar-refractivity contribution in [2.75, 3.05) is 30.0 Å². The van der Waals surface area contributed by atoms with Crippen LogP contribution >= 0.6 is 0 Å². The summed E-state index contributed by atoms with van der Waals surface area (Å²) in [5.74, 6) is 0.349. The van der Waals surface area contributed by atoms with Gasteiger partial charge < -0.3 is 15.8 Å². The Labute approximate surface area is 125 Å². The number of ether oxygens (including phenoxy) is 1. The van der Waals surface area contributed by atoms with Gasteiger partial charge in [0.1, 0.15) is 0 Å². The lowest BCUT2D eigenvalue weighted by molar-refractivity contribution is 0.0783. The van der Waals surface area contributed by atoms with Crippen LogP contribution in [-0.4, -0.2) is 45.1 Å². The van der Waals surface area contributed by atoms with Crippen molar-refractivity contribution in [3.05, 3.63) is 29.3 Å². The average Bonchev–Trinajstić information content (AvgIpc) is 2.40. The van der Waals surface area contributed by atoms with Crippen molar-refractivity contribution < 1.29 is 13.2 Å². The Kier molecular flexibility index (Phi) is 4.84. The van der Waals surface area contributed by atoms with Gasteiger partial charge in [-0.2, -0.15) is 0 Å². The van der Waals surface area contributed by atoms with Crippen LogP contribution in [0.5, 0.6) is 0 Å². The van der Waals surface area contributed by atoms with Crippen LogP contribution in [0.4, 0.5) is 5.69 Å². The zero-order valence-electron chi connectivity index (χ0n) is 12.3. The van der Waals surface area contributed by atoms with Gasteiger partial charge in [0.2, 0.25) is 0 Å². The summed E-state index contributed by atoms with van der Waals surface area (Å²) in [6, 6.07) is 5.91. The third-order valence-corrected chi connectivity index (χ3v) is 5.10. The van der Waals surface area contributed by atoms with E-state index in [2.05, 4.69) is 10.3 Å². The predicted molar refractivity (Wildman–Crippen MR) is 84.4 cm³/mol. The Bertz CT molecular complexity index is 641. The molecule has 7 heteroatoms. The smallest absolute Gasteiger partial charge is 0.193 e. The maximum Gasteiger partial charge on any atom is 0.193 e. The Morgan fingerprint density at radius 1 is 1.43 bits per heavy atom. The van der Waals surface area contributed by atoms with Crippen LogP contribution in [0.1, 0.15) is 11.1 Å². The number of hydrogen-bond donors (Lipinski definition) is 2. The molecule has 1 aliphatic rings. The molecule has 0 bridgehead atoms. The molecule has 116 valence electrons. The topological polar surface area (TPSA) is 93.8 Å². The SMILES string of the molecule is Cc1ccc(NC(N)=NCC2CS(=O)(=O)CCO2)cc1C. The molecule has 1 aromatic carbocycles. The molecule has 0 aromatic heterocycles. The van der Waals surface area contributed by atoms with E-state index in [4.69, 9.17) is 10.5 Å². The van der Waals surface area contributed by atoms with Crippen molar-refractivity contribution in [1.82, 2.24) is 0 Å². The predicted octanol–water partition coefficient (Wildman–Crippen LogP) is 0.844. The average molecular weight is 311 g/mol. The monoisotopic (exact) mass is 311 g/mol. The molecule has 0 spiro atoms. The van der Waals surface area contributed by atoms with Gasteiger partial charge in [-0.1, -0.05) is 6.07 Å². The normalized spacial score (nSPS) is 22.0. The van der Waals surface area contributed by atoms with E-state index in [0.29, 0.717) is 0 Å². The lowest BCUT2D eigenvalue weighted by Crippen LogP contribution is -2.37. The molecule has 21 heavy (non-hydrogen) atoms. The van der Waals surface area contributed by atoms with Crippen molar-refractivity contribution in [2.24, 2.45) is 10.7 Å². The second-order valence-electron chi connectivity index (χ2n) is 5.26. The van der Waals surface area contributed by atoms with Gasteiger partial charge in [-0.25, -0.2) is 8.42 Å². The molecule has 0 amide bonds. The minimum atomic E-state index is -3.00. The summed E-state index contributed by atoms with van der Waals surface area (Å²) in [5, 5.41) is 2.99. The molecular formula is C14H21N3O3S. The van der Waals surface area contributed by atoms with Gasteiger partial charge in [0.25, 0.3) is 0 Å². The zero-order valence-corrected chi connectivity index (χ0v) is 13.1. The molecule has 1 unspecified atom stereocenters. The summed E-state index contributed by atoms with van der Waals surface area (Å²) < 4.78 is 28.4. The number of guanidine groups is 1. The molecule has 1 saturated heterocycles. The first-order chi connectivity index (χ1) is 9.85. The summed E-state index contributed by atoms with van der Waals surface area (Å²) in [4.78, 5) is 4.15. The number of hydrogen-bond acceptors (Lipinski definition) is 4. The van der Waals surface area contributed by atoms with Crippen LogP contribution in [0.25, 0.3) is 0 Å². The van der Waals surface area contributed by atoms with Gasteiger partial charge in [-0.15, -0.1) is 0 Å². The van der Waals surface area contributed by atoms with Crippen LogP contribution in [0.2, 0.25) is 0 Å². The molecule has 0 aliphatic carbocycles. The number of rotatable bonds is 3. The first-order valence-electron chi connectivity index (χ1n) is 6.82. The first kappa shape index (κ1) is 15.8. The largest absolute Gasteiger partial charge is 0.374 e. The van der Waals surface area contributed by atoms with Crippen molar-refractivity contribution in [3.63, 3.8) is 0 Å². The van der Waals surface area contributed by atoms with E-state index in [1.807, 2.05) is 32.0 Å². The summed E-state index contributed by atoms with van der Waals surface area (Å²) in [6.07, 6.45) is -0.413. The van der Waals surface area contributed by atoms with Gasteiger partial charge >= 0.3 is 0 Å². The molecule has 1 aliphatic heterocycles. The Hall–Kier alpha value is -1.60. The van der Waals surface area contributed by atoms with Gasteiger partial charge in [0.15, 0.2) is 15.8 Å². The molecular weight excluding hydrogens is 290 g/mol. The van der Waals surface area contributed by atoms with E-state index >= 15 is 0 Å². The Morgan fingerprint density at radius 2 is 2.19 bits per heavy atom. The van der Waals surface area contributed by atoms with Crippen LogP contribution in [0.15, 0.2) is 23.2 Å². The first-order valence-corrected chi connectivity index (χ1v) is 8.64. The van der Waals surface area contributed by atoms with E-state index in [1.165, 1.54) is 5.56 Å². The highest BCUT2D eigenvalue weighted by atomic mass is 32.2. The third kappa shape index (κ3) is 4.71. The van der Waals surface area contributed by atoms with E-state index in [0.717, 1.165) is 11.3 Å². The van der Waals surface area contributed by atoms with Crippen LogP contribution in [0.3, 0.4) is 0 Å². The standard InChI is InChI=1S/C14H21N3O3S/c1-10-3-4-12(7-11(10)2)17-14(15)16-8-13-9-21(18,19)6-5-20-13/h3-4,7,13H,5-6,8-9H2,1-2H3,(H3,15,16,17). The van der Waals surface area contributed by atoms with Crippen molar-refractivity contribution in [2.45, 2.75) is 20.0 Å². The van der Waals surface area contributed by atoms with E-state index in [1.54, 1.807) is 0 Å². The number of nitrogens with two attached hydrogens (primary N) is 1. The fourth-order valence-corrected chi connectivity index (χ4v) is 3.35. The van der Waals surface area contributed by atoms with E-state index < -0.39 is 15.9 Å². The molecule has 1 heterocycles. The van der Waals surface area contributed by atoms with Crippen molar-refractivity contribution >= 4 is 21.5 Å². The van der Waals surface area contributed by atoms with Crippen molar-refractivity contribution in [3.8, 4) is 0 Å². The highest BCUT2D eigenvalue weighted by Gasteiger charge is 2.25. The second-order valence-corrected chi connectivity index (χ2v) is 7.49. The maximum atomic E-state index is 11.5. The lowest BCUT2D eigenvalue weighted by Gasteiger charge is -2.21. The van der Waals surface area contributed by atoms with Gasteiger partial charge in [0, 0.05) is 5.69 Å². The number of aryl methyl sites for hydroxylation is 2. The molecule has 1 fully saturated rings. The second kappa shape index (κ2) is 6.44. The minimum Gasteiger partial charge on any atom is -0.374 e. The van der Waals surface area contributed by atoms with Crippen LogP contribution in [0, 0.1) is 13.8 Å². The van der Waals surface area contributed by atoms with Gasteiger partial charge in [-0.3, -0.25) is 4.99 Å². The third-order valence-electron chi connectivity index (χ3n) is 3.43. The summed E-state index contributed by atoms with van der Waals surface area (Å²) in [5.41, 5.74) is 9.04. The van der Waals surface area contributed by atoms with E-state index in [-0.39, 0.29) is 30.6 Å². The summed E-state index contributed by atoms with van der Waals surface area (Å²) >= 11 is 0. The molecule has 1 aromatic rings. The fourth-order valence-electron chi connectivity index (χ4n) is 2.07. The number of nitrogens with one attached hydrogen (secondary N) is 1. The van der Waals surface area contributed by atoms with Crippen molar-refractivity contribution in [1.29, 1.82) is 0 Å². The summed E-state index contributed by atoms with van der Waals surface area (Å²) in [7, 11) is -3.00. The number of benzene rings is 1. The molecule has 6 nitrogen and oxygen atoms in total. The lowest BCUT2D eigenvalue weighted by atomic mass is 10.1. The maximum absolute atomic E-state index is 11.5. The molecule has 2 rings (SSSR count). The van der Waals surface area contributed by atoms with Crippen LogP contribution in [-0.2, 0) is 14.6 Å². The quantitative estimate of drug-likeness (QED) is 0.637. The number of aliphatic imine (C=N–C) groups is 1. The number of anilines is 1. The molecule has 3 N–H and O–H groups in total. The van der Waals surface area contributed by atoms with Gasteiger partial charge in [-0.05, 0) is 37.1 Å². The highest BCUT2D eigenvalue weighted by Crippen LogP contribution is 2.14. The molecule has 1 atom stereocenters. The van der Waals surface area contributed by atoms with Gasteiger partial charge in [0.05, 0.1) is 30.8 Å². The van der Waals surface area contributed by atoms with E-state index in [9.17, 15) is 8.42 Å². The fraction of sp³-hybridized carbons (Fsp3) is 0.500. The highest BCUT2D eigenvalue weighted by molar-refractivity contribution is 7.91. The number of sulfone groups is 1. The minimum absolute atomic E-state index is 0.00736. The zero-order chi connectivity index (χ0) is 15.5. The Balaban J connectivity index is 1.93. The number of nitrogens with zero attached hydrogens (tertiary/aromatic N) is 1. The Morgan fingerprint density at radius 3 is 2.86 bits per heavy atom. The summed E-state index contributed by atoms with van der Waals surface area (Å²) in [6.45, 7) is 4.53. The molecule has 0 saturated carbocycles.